The summed E-state index contributed by atoms with van der Waals surface area (Å²) < 4.78 is 19.2. The Hall–Kier alpha value is -3.59. The van der Waals surface area contributed by atoms with Crippen molar-refractivity contribution < 1.29 is 14.1 Å². The minimum absolute atomic E-state index is 0.0450. The highest BCUT2D eigenvalue weighted by atomic mass is 32.1. The molecule has 1 N–H and O–H groups in total. The smallest absolute Gasteiger partial charge is 0.270 e. The van der Waals surface area contributed by atoms with Crippen LogP contribution in [0.5, 0.6) is 11.6 Å². The van der Waals surface area contributed by atoms with E-state index >= 15 is 0 Å². The summed E-state index contributed by atoms with van der Waals surface area (Å²) in [7, 11) is 0. The summed E-state index contributed by atoms with van der Waals surface area (Å²) in [5, 5.41) is 14.7. The maximum absolute atomic E-state index is 12.9. The van der Waals surface area contributed by atoms with Crippen LogP contribution < -0.4 is 10.1 Å². The van der Waals surface area contributed by atoms with Gasteiger partial charge in [-0.25, -0.2) is 14.4 Å². The molecule has 0 aliphatic rings. The minimum atomic E-state index is -0.423. The molecule has 0 atom stereocenters. The van der Waals surface area contributed by atoms with Gasteiger partial charge in [0.05, 0.1) is 15.1 Å². The number of nitro benzene ring substituents is 1. The van der Waals surface area contributed by atoms with Crippen molar-refractivity contribution in [2.45, 2.75) is 6.54 Å². The zero-order valence-electron chi connectivity index (χ0n) is 14.3. The second-order valence-corrected chi connectivity index (χ2v) is 6.87. The summed E-state index contributed by atoms with van der Waals surface area (Å²) >= 11 is 1.35. The molecule has 4 aromatic rings. The van der Waals surface area contributed by atoms with Crippen LogP contribution in [0.25, 0.3) is 10.2 Å². The van der Waals surface area contributed by atoms with Gasteiger partial charge in [-0.2, -0.15) is 0 Å². The maximum Gasteiger partial charge on any atom is 0.270 e. The molecule has 0 bridgehead atoms. The minimum Gasteiger partial charge on any atom is -0.439 e. The van der Waals surface area contributed by atoms with E-state index in [-0.39, 0.29) is 11.5 Å². The van der Waals surface area contributed by atoms with Crippen molar-refractivity contribution in [2.75, 3.05) is 5.32 Å². The lowest BCUT2D eigenvalue weighted by atomic mass is 10.3. The predicted molar refractivity (Wildman–Crippen MR) is 104 cm³/mol. The number of aromatic nitrogens is 2. The third kappa shape index (κ3) is 4.04. The van der Waals surface area contributed by atoms with Gasteiger partial charge in [0.2, 0.25) is 5.88 Å². The van der Waals surface area contributed by atoms with Crippen LogP contribution in [-0.2, 0) is 6.54 Å². The quantitative estimate of drug-likeness (QED) is 0.358. The summed E-state index contributed by atoms with van der Waals surface area (Å²) in [6.07, 6.45) is 1.67. The Kier molecular flexibility index (Phi) is 4.81. The summed E-state index contributed by atoms with van der Waals surface area (Å²) in [5.41, 5.74) is 1.67. The number of halogens is 1. The van der Waals surface area contributed by atoms with Crippen LogP contribution in [0.2, 0.25) is 0 Å². The summed E-state index contributed by atoms with van der Waals surface area (Å²) in [4.78, 5) is 19.1. The first kappa shape index (κ1) is 17.8. The maximum atomic E-state index is 12.9. The van der Waals surface area contributed by atoms with Crippen molar-refractivity contribution in [3.63, 3.8) is 0 Å². The lowest BCUT2D eigenvalue weighted by molar-refractivity contribution is -0.384. The van der Waals surface area contributed by atoms with Crippen LogP contribution in [0.3, 0.4) is 0 Å². The number of fused-ring (bicyclic) bond motifs is 1. The van der Waals surface area contributed by atoms with Crippen LogP contribution in [0.1, 0.15) is 5.56 Å². The molecule has 2 heterocycles. The normalized spacial score (nSPS) is 10.8. The van der Waals surface area contributed by atoms with Gasteiger partial charge in [0.25, 0.3) is 5.69 Å². The van der Waals surface area contributed by atoms with Gasteiger partial charge < -0.3 is 10.1 Å². The molecule has 140 valence electrons. The zero-order valence-corrected chi connectivity index (χ0v) is 15.1. The third-order valence-corrected chi connectivity index (χ3v) is 4.84. The Balaban J connectivity index is 1.40. The van der Waals surface area contributed by atoms with E-state index in [0.29, 0.717) is 28.8 Å². The Labute approximate surface area is 162 Å². The zero-order chi connectivity index (χ0) is 19.5. The van der Waals surface area contributed by atoms with Gasteiger partial charge >= 0.3 is 0 Å². The highest BCUT2D eigenvalue weighted by Crippen LogP contribution is 2.29. The molecule has 0 aliphatic carbocycles. The van der Waals surface area contributed by atoms with Crippen molar-refractivity contribution in [3.05, 3.63) is 82.3 Å². The Bertz CT molecular complexity index is 1130. The average molecular weight is 396 g/mol. The van der Waals surface area contributed by atoms with Crippen molar-refractivity contribution in [3.8, 4) is 11.6 Å². The molecule has 28 heavy (non-hydrogen) atoms. The van der Waals surface area contributed by atoms with E-state index in [2.05, 4.69) is 15.3 Å². The molecule has 0 saturated carbocycles. The van der Waals surface area contributed by atoms with Crippen LogP contribution in [0.15, 0.2) is 60.8 Å². The number of benzene rings is 2. The molecule has 2 aromatic heterocycles. The van der Waals surface area contributed by atoms with Gasteiger partial charge in [-0.05, 0) is 35.9 Å². The van der Waals surface area contributed by atoms with E-state index in [4.69, 9.17) is 4.74 Å². The number of hydrogen-bond acceptors (Lipinski definition) is 7. The predicted octanol–water partition coefficient (Wildman–Crippen LogP) is 5.14. The van der Waals surface area contributed by atoms with E-state index < -0.39 is 4.92 Å². The van der Waals surface area contributed by atoms with E-state index in [1.807, 2.05) is 6.07 Å². The van der Waals surface area contributed by atoms with Gasteiger partial charge in [-0.1, -0.05) is 17.4 Å². The molecule has 0 amide bonds. The number of ether oxygens (including phenoxy) is 1. The lowest BCUT2D eigenvalue weighted by Gasteiger charge is -2.06. The average Bonchev–Trinajstić information content (AvgIpc) is 3.11. The number of thiazole rings is 1. The monoisotopic (exact) mass is 396 g/mol. The highest BCUT2D eigenvalue weighted by molar-refractivity contribution is 7.22. The van der Waals surface area contributed by atoms with Crippen LogP contribution in [0.4, 0.5) is 15.2 Å². The van der Waals surface area contributed by atoms with Crippen LogP contribution in [-0.4, -0.2) is 14.9 Å². The molecule has 0 unspecified atom stereocenters. The topological polar surface area (TPSA) is 90.2 Å². The van der Waals surface area contributed by atoms with E-state index in [1.54, 1.807) is 18.3 Å². The molecule has 0 spiro atoms. The molecular formula is C19H13FN4O3S. The Morgan fingerprint density at radius 2 is 1.96 bits per heavy atom. The fourth-order valence-electron chi connectivity index (χ4n) is 2.48. The third-order valence-electron chi connectivity index (χ3n) is 3.86. The number of pyridine rings is 1. The van der Waals surface area contributed by atoms with E-state index in [9.17, 15) is 14.5 Å². The lowest BCUT2D eigenvalue weighted by Crippen LogP contribution is -1.99. The van der Waals surface area contributed by atoms with E-state index in [0.717, 1.165) is 10.3 Å². The molecule has 4 rings (SSSR count). The first-order valence-electron chi connectivity index (χ1n) is 8.24. The van der Waals surface area contributed by atoms with Crippen molar-refractivity contribution in [2.24, 2.45) is 0 Å². The van der Waals surface area contributed by atoms with Gasteiger partial charge in [0, 0.05) is 30.9 Å². The standard InChI is InChI=1S/C19H13FN4O3S/c20-13-2-5-15(6-3-13)27-18-8-1-12(10-21-18)11-22-19-23-16-7-4-14(24(25)26)9-17(16)28-19/h1-10H,11H2,(H,22,23). The van der Waals surface area contributed by atoms with Gasteiger partial charge in [0.1, 0.15) is 11.6 Å². The Morgan fingerprint density at radius 3 is 2.68 bits per heavy atom. The molecule has 0 aliphatic heterocycles. The second-order valence-electron chi connectivity index (χ2n) is 5.84. The largest absolute Gasteiger partial charge is 0.439 e. The number of nitro groups is 1. The number of nitrogens with one attached hydrogen (secondary N) is 1. The molecular weight excluding hydrogens is 383 g/mol. The summed E-state index contributed by atoms with van der Waals surface area (Å²) in [6.45, 7) is 0.492. The van der Waals surface area contributed by atoms with E-state index in [1.165, 1.54) is 47.7 Å². The number of non-ortho nitro benzene ring substituents is 1. The number of hydrogen-bond donors (Lipinski definition) is 1. The van der Waals surface area contributed by atoms with Gasteiger partial charge in [-0.15, -0.1) is 0 Å². The second kappa shape index (κ2) is 7.57. The fraction of sp³-hybridized carbons (Fsp3) is 0.0526. The molecule has 9 heteroatoms. The number of rotatable bonds is 6. The highest BCUT2D eigenvalue weighted by Gasteiger charge is 2.10. The first-order chi connectivity index (χ1) is 13.6. The molecule has 2 aromatic carbocycles. The molecule has 7 nitrogen and oxygen atoms in total. The Morgan fingerprint density at radius 1 is 1.14 bits per heavy atom. The SMILES string of the molecule is O=[N+]([O-])c1ccc2nc(NCc3ccc(Oc4ccc(F)cc4)nc3)sc2c1. The van der Waals surface area contributed by atoms with Gasteiger partial charge in [-0.3, -0.25) is 10.1 Å². The number of anilines is 1. The molecule has 0 fully saturated rings. The van der Waals surface area contributed by atoms with Gasteiger partial charge in [0.15, 0.2) is 5.13 Å². The van der Waals surface area contributed by atoms with Crippen LogP contribution in [0, 0.1) is 15.9 Å². The molecule has 0 saturated heterocycles. The molecule has 0 radical (unpaired) electrons. The fourth-order valence-corrected chi connectivity index (χ4v) is 3.37. The van der Waals surface area contributed by atoms with Crippen molar-refractivity contribution >= 4 is 32.4 Å². The van der Waals surface area contributed by atoms with Crippen LogP contribution >= 0.6 is 11.3 Å². The number of nitrogens with zero attached hydrogens (tertiary/aromatic N) is 3. The summed E-state index contributed by atoms with van der Waals surface area (Å²) in [6, 6.07) is 13.9. The van der Waals surface area contributed by atoms with Crippen molar-refractivity contribution in [1.29, 1.82) is 0 Å². The first-order valence-corrected chi connectivity index (χ1v) is 9.06. The summed E-state index contributed by atoms with van der Waals surface area (Å²) in [5.74, 6) is 0.581. The van der Waals surface area contributed by atoms with Crippen molar-refractivity contribution in [1.82, 2.24) is 9.97 Å².